The molecule has 2 aromatic carbocycles. The van der Waals surface area contributed by atoms with Crippen LogP contribution in [0.15, 0.2) is 70.2 Å². The molecule has 0 unspecified atom stereocenters. The van der Waals surface area contributed by atoms with Crippen LogP contribution in [-0.2, 0) is 0 Å². The van der Waals surface area contributed by atoms with E-state index < -0.39 is 16.7 Å². The summed E-state index contributed by atoms with van der Waals surface area (Å²) in [6.07, 6.45) is 1.39. The molecule has 1 heterocycles. The highest BCUT2D eigenvalue weighted by molar-refractivity contribution is 6.05. The summed E-state index contributed by atoms with van der Waals surface area (Å²) < 4.78 is 5.30. The van der Waals surface area contributed by atoms with E-state index in [1.807, 2.05) is 0 Å². The van der Waals surface area contributed by atoms with E-state index in [2.05, 4.69) is 15.8 Å². The van der Waals surface area contributed by atoms with Crippen molar-refractivity contribution in [1.29, 1.82) is 0 Å². The highest BCUT2D eigenvalue weighted by atomic mass is 16.6. The second-order valence-corrected chi connectivity index (χ2v) is 5.99. The zero-order chi connectivity index (χ0) is 20.8. The standard InChI is InChI=1S/C20H16N4O5/c1-13-5-10-18(29-13)12-21-23-20(26)14-6-8-16(9-7-14)22-19(25)15-3-2-4-17(11-15)24(27)28/h2-12H,1H3,(H,22,25)(H,23,26)/b21-12+. The molecule has 1 aromatic heterocycles. The lowest BCUT2D eigenvalue weighted by Gasteiger charge is -2.06. The van der Waals surface area contributed by atoms with Gasteiger partial charge in [0.2, 0.25) is 0 Å². The SMILES string of the molecule is Cc1ccc(/C=N/NC(=O)c2ccc(NC(=O)c3cccc([N+](=O)[O-])c3)cc2)o1. The maximum atomic E-state index is 12.2. The fraction of sp³-hybridized carbons (Fsp3) is 0.0500. The van der Waals surface area contributed by atoms with Crippen LogP contribution < -0.4 is 10.7 Å². The van der Waals surface area contributed by atoms with Crippen LogP contribution in [-0.4, -0.2) is 23.0 Å². The van der Waals surface area contributed by atoms with E-state index in [1.165, 1.54) is 42.6 Å². The van der Waals surface area contributed by atoms with Crippen LogP contribution in [0.4, 0.5) is 11.4 Å². The van der Waals surface area contributed by atoms with Crippen LogP contribution in [0.2, 0.25) is 0 Å². The molecule has 29 heavy (non-hydrogen) atoms. The summed E-state index contributed by atoms with van der Waals surface area (Å²) in [5.41, 5.74) is 3.14. The third kappa shape index (κ3) is 5.13. The maximum absolute atomic E-state index is 12.2. The number of non-ortho nitro benzene ring substituents is 1. The summed E-state index contributed by atoms with van der Waals surface area (Å²) in [5, 5.41) is 17.3. The molecule has 0 bridgehead atoms. The van der Waals surface area contributed by atoms with E-state index in [-0.39, 0.29) is 11.3 Å². The minimum Gasteiger partial charge on any atom is -0.460 e. The number of nitro groups is 1. The lowest BCUT2D eigenvalue weighted by atomic mass is 10.1. The third-order valence-corrected chi connectivity index (χ3v) is 3.84. The average molecular weight is 392 g/mol. The fourth-order valence-electron chi connectivity index (χ4n) is 2.41. The number of amides is 2. The molecule has 0 spiro atoms. The van der Waals surface area contributed by atoms with Gasteiger partial charge in [-0.25, -0.2) is 5.43 Å². The molecule has 0 fully saturated rings. The second-order valence-electron chi connectivity index (χ2n) is 5.99. The number of benzene rings is 2. The lowest BCUT2D eigenvalue weighted by Crippen LogP contribution is -2.17. The Balaban J connectivity index is 1.60. The number of furan rings is 1. The van der Waals surface area contributed by atoms with Crippen LogP contribution in [0.3, 0.4) is 0 Å². The Morgan fingerprint density at radius 1 is 1.03 bits per heavy atom. The van der Waals surface area contributed by atoms with E-state index >= 15 is 0 Å². The summed E-state index contributed by atoms with van der Waals surface area (Å²) in [5.74, 6) is 0.327. The third-order valence-electron chi connectivity index (χ3n) is 3.84. The summed E-state index contributed by atoms with van der Waals surface area (Å²) in [6.45, 7) is 1.80. The van der Waals surface area contributed by atoms with Gasteiger partial charge in [-0.15, -0.1) is 0 Å². The van der Waals surface area contributed by atoms with Crippen LogP contribution >= 0.6 is 0 Å². The van der Waals surface area contributed by atoms with Gasteiger partial charge in [0.1, 0.15) is 11.5 Å². The lowest BCUT2D eigenvalue weighted by molar-refractivity contribution is -0.384. The molecule has 2 amide bonds. The van der Waals surface area contributed by atoms with Gasteiger partial charge in [0.25, 0.3) is 17.5 Å². The Morgan fingerprint density at radius 2 is 1.79 bits per heavy atom. The predicted octanol–water partition coefficient (Wildman–Crippen LogP) is 3.51. The number of aryl methyl sites for hydroxylation is 1. The van der Waals surface area contributed by atoms with Crippen LogP contribution in [0.5, 0.6) is 0 Å². The zero-order valence-electron chi connectivity index (χ0n) is 15.3. The molecule has 146 valence electrons. The highest BCUT2D eigenvalue weighted by Crippen LogP contribution is 2.16. The minimum absolute atomic E-state index is 0.156. The van der Waals surface area contributed by atoms with Crippen molar-refractivity contribution in [3.8, 4) is 0 Å². The Hall–Kier alpha value is -4.27. The predicted molar refractivity (Wildman–Crippen MR) is 106 cm³/mol. The van der Waals surface area contributed by atoms with Crippen molar-refractivity contribution in [2.24, 2.45) is 5.10 Å². The first-order valence-electron chi connectivity index (χ1n) is 8.48. The molecular formula is C20H16N4O5. The molecule has 0 aliphatic rings. The van der Waals surface area contributed by atoms with Crippen LogP contribution in [0, 0.1) is 17.0 Å². The van der Waals surface area contributed by atoms with Gasteiger partial charge < -0.3 is 9.73 Å². The van der Waals surface area contributed by atoms with Crippen LogP contribution in [0.1, 0.15) is 32.2 Å². The van der Waals surface area contributed by atoms with Crippen molar-refractivity contribution in [3.05, 3.63) is 93.4 Å². The van der Waals surface area contributed by atoms with E-state index in [0.717, 1.165) is 5.76 Å². The van der Waals surface area contributed by atoms with Crippen molar-refractivity contribution in [2.75, 3.05) is 5.32 Å². The number of hydrogen-bond acceptors (Lipinski definition) is 6. The number of rotatable bonds is 6. The molecule has 3 rings (SSSR count). The minimum atomic E-state index is -0.570. The van der Waals surface area contributed by atoms with Crippen molar-refractivity contribution < 1.29 is 18.9 Å². The Labute approximate surface area is 165 Å². The largest absolute Gasteiger partial charge is 0.460 e. The van der Waals surface area contributed by atoms with Gasteiger partial charge in [-0.2, -0.15) is 5.10 Å². The molecule has 9 heteroatoms. The summed E-state index contributed by atoms with van der Waals surface area (Å²) >= 11 is 0. The zero-order valence-corrected chi connectivity index (χ0v) is 15.3. The van der Waals surface area contributed by atoms with Gasteiger partial charge in [0.05, 0.1) is 11.1 Å². The van der Waals surface area contributed by atoms with Crippen molar-refractivity contribution >= 4 is 29.4 Å². The summed E-state index contributed by atoms with van der Waals surface area (Å²) in [4.78, 5) is 34.6. The maximum Gasteiger partial charge on any atom is 0.271 e. The molecule has 0 atom stereocenters. The molecule has 2 N–H and O–H groups in total. The van der Waals surface area contributed by atoms with Crippen molar-refractivity contribution in [2.45, 2.75) is 6.92 Å². The number of carbonyl (C=O) groups excluding carboxylic acids is 2. The molecule has 0 saturated heterocycles. The topological polar surface area (TPSA) is 127 Å². The summed E-state index contributed by atoms with van der Waals surface area (Å²) in [7, 11) is 0. The number of nitrogens with one attached hydrogen (secondary N) is 2. The van der Waals surface area contributed by atoms with Gasteiger partial charge in [-0.3, -0.25) is 19.7 Å². The Kier molecular flexibility index (Phi) is 5.79. The van der Waals surface area contributed by atoms with Gasteiger partial charge in [-0.05, 0) is 49.4 Å². The molecular weight excluding hydrogens is 376 g/mol. The van der Waals surface area contributed by atoms with Gasteiger partial charge in [0.15, 0.2) is 0 Å². The van der Waals surface area contributed by atoms with Crippen molar-refractivity contribution in [3.63, 3.8) is 0 Å². The Morgan fingerprint density at radius 3 is 2.45 bits per heavy atom. The first kappa shape index (κ1) is 19.5. The normalized spacial score (nSPS) is 10.7. The van der Waals surface area contributed by atoms with E-state index in [1.54, 1.807) is 31.2 Å². The van der Waals surface area contributed by atoms with Crippen LogP contribution in [0.25, 0.3) is 0 Å². The molecule has 0 aliphatic heterocycles. The van der Waals surface area contributed by atoms with Gasteiger partial charge >= 0.3 is 0 Å². The number of nitro benzene ring substituents is 1. The molecule has 9 nitrogen and oxygen atoms in total. The number of anilines is 1. The van der Waals surface area contributed by atoms with E-state index in [0.29, 0.717) is 17.0 Å². The van der Waals surface area contributed by atoms with Gasteiger partial charge in [0, 0.05) is 28.9 Å². The second kappa shape index (κ2) is 8.61. The molecule has 0 aliphatic carbocycles. The number of hydrogen-bond donors (Lipinski definition) is 2. The van der Waals surface area contributed by atoms with E-state index in [9.17, 15) is 19.7 Å². The number of nitrogens with zero attached hydrogens (tertiary/aromatic N) is 2. The first-order chi connectivity index (χ1) is 13.9. The average Bonchev–Trinajstić information content (AvgIpc) is 3.13. The molecule has 0 saturated carbocycles. The summed E-state index contributed by atoms with van der Waals surface area (Å²) in [6, 6.07) is 15.0. The molecule has 3 aromatic rings. The fourth-order valence-corrected chi connectivity index (χ4v) is 2.41. The first-order valence-corrected chi connectivity index (χ1v) is 8.48. The Bertz CT molecular complexity index is 1090. The van der Waals surface area contributed by atoms with Gasteiger partial charge in [-0.1, -0.05) is 6.07 Å². The molecule has 0 radical (unpaired) electrons. The monoisotopic (exact) mass is 392 g/mol. The smallest absolute Gasteiger partial charge is 0.271 e. The van der Waals surface area contributed by atoms with Crippen molar-refractivity contribution in [1.82, 2.24) is 5.43 Å². The highest BCUT2D eigenvalue weighted by Gasteiger charge is 2.12. The quantitative estimate of drug-likeness (QED) is 0.377. The number of hydrazone groups is 1. The number of carbonyl (C=O) groups is 2. The van der Waals surface area contributed by atoms with E-state index in [4.69, 9.17) is 4.42 Å².